The number of pyridine rings is 2. The minimum absolute atomic E-state index is 0.0811. The molecule has 9 rings (SSSR count). The number of aromatic amines is 1. The highest BCUT2D eigenvalue weighted by atomic mass is 16.2. The fourth-order valence-corrected chi connectivity index (χ4v) is 9.85. The van der Waals surface area contributed by atoms with Crippen molar-refractivity contribution in [1.29, 1.82) is 5.26 Å². The second kappa shape index (κ2) is 11.5. The molecule has 0 fully saturated rings. The summed E-state index contributed by atoms with van der Waals surface area (Å²) in [6.45, 7) is 8.03. The van der Waals surface area contributed by atoms with E-state index in [2.05, 4.69) is 11.1 Å². The van der Waals surface area contributed by atoms with E-state index in [0.717, 1.165) is 25.7 Å². The number of nitrogens with one attached hydrogen (secondary N) is 1. The summed E-state index contributed by atoms with van der Waals surface area (Å²) in [7, 11) is 0. The maximum Gasteiger partial charge on any atom is 0.261 e. The number of nitrogens with zero attached hydrogens (tertiary/aromatic N) is 3. The molecule has 0 bridgehead atoms. The molecular formula is C43H36N4O6. The van der Waals surface area contributed by atoms with Crippen molar-refractivity contribution in [3.8, 4) is 6.07 Å². The molecule has 0 spiro atoms. The van der Waals surface area contributed by atoms with E-state index in [4.69, 9.17) is 0 Å². The molecule has 6 aromatic carbocycles. The smallest absolute Gasteiger partial charge is 0.261 e. The van der Waals surface area contributed by atoms with Gasteiger partial charge in [0.25, 0.3) is 33.4 Å². The number of benzene rings is 6. The van der Waals surface area contributed by atoms with Gasteiger partial charge in [-0.15, -0.1) is 0 Å². The lowest BCUT2D eigenvalue weighted by atomic mass is 9.80. The van der Waals surface area contributed by atoms with E-state index in [1.165, 1.54) is 9.13 Å². The van der Waals surface area contributed by atoms with Crippen molar-refractivity contribution >= 4 is 86.2 Å². The van der Waals surface area contributed by atoms with Crippen LogP contribution in [0.3, 0.4) is 0 Å². The molecule has 10 nitrogen and oxygen atoms in total. The first-order valence-electron chi connectivity index (χ1n) is 18.7. The zero-order chi connectivity index (χ0) is 37.2. The first-order chi connectivity index (χ1) is 25.6. The summed E-state index contributed by atoms with van der Waals surface area (Å²) >= 11 is 0. The van der Waals surface area contributed by atoms with Gasteiger partial charge in [0.2, 0.25) is 0 Å². The normalized spacial score (nSPS) is 12.8. The molecule has 0 saturated heterocycles. The molecule has 1 N–H and O–H groups in total. The van der Waals surface area contributed by atoms with Crippen LogP contribution in [0.5, 0.6) is 0 Å². The Kier molecular flexibility index (Phi) is 7.16. The molecule has 0 radical (unpaired) electrons. The quantitative estimate of drug-likeness (QED) is 0.115. The molecule has 0 aliphatic heterocycles. The van der Waals surface area contributed by atoms with Gasteiger partial charge in [0, 0.05) is 49.8 Å². The van der Waals surface area contributed by atoms with Gasteiger partial charge < -0.3 is 0 Å². The van der Waals surface area contributed by atoms with Crippen molar-refractivity contribution in [3.05, 3.63) is 98.0 Å². The Balaban J connectivity index is 1.63. The number of H-pyrrole nitrogens is 1. The third-order valence-corrected chi connectivity index (χ3v) is 11.8. The SMILES string of the molecule is CCCC(CCC)n1c(=O)c2ccc3c4c(C#N)cc5c(=O)n(C(CCC)CCC)c(=O)c6cc7c8c(=O)[nH]c(=O)c8c8cc(c1=O)c2c3c8c7c4c56. The van der Waals surface area contributed by atoms with Gasteiger partial charge in [-0.3, -0.25) is 42.9 Å². The second-order valence-corrected chi connectivity index (χ2v) is 14.8. The second-order valence-electron chi connectivity index (χ2n) is 14.8. The Labute approximate surface area is 300 Å². The minimum Gasteiger partial charge on any atom is -0.288 e. The van der Waals surface area contributed by atoms with E-state index < -0.39 is 33.4 Å². The van der Waals surface area contributed by atoms with E-state index in [1.807, 2.05) is 27.7 Å². The number of hydrogen-bond acceptors (Lipinski definition) is 7. The lowest BCUT2D eigenvalue weighted by molar-refractivity contribution is 0.410. The average molecular weight is 705 g/mol. The number of fused-ring (bicyclic) bond motifs is 4. The van der Waals surface area contributed by atoms with Crippen LogP contribution in [0.2, 0.25) is 0 Å². The van der Waals surface area contributed by atoms with Crippen molar-refractivity contribution in [2.24, 2.45) is 0 Å². The van der Waals surface area contributed by atoms with Crippen LogP contribution in [-0.2, 0) is 0 Å². The molecule has 3 heterocycles. The number of hydrogen-bond donors (Lipinski definition) is 1. The summed E-state index contributed by atoms with van der Waals surface area (Å²) in [4.78, 5) is 88.1. The maximum atomic E-state index is 14.6. The zero-order valence-electron chi connectivity index (χ0n) is 30.0. The largest absolute Gasteiger partial charge is 0.288 e. The predicted octanol–water partition coefficient (Wildman–Crippen LogP) is 7.35. The van der Waals surface area contributed by atoms with Gasteiger partial charge in [0.05, 0.1) is 27.8 Å². The van der Waals surface area contributed by atoms with Crippen LogP contribution in [0.25, 0.3) is 86.2 Å². The zero-order valence-corrected chi connectivity index (χ0v) is 30.0. The third kappa shape index (κ3) is 4.02. The molecule has 3 aromatic heterocycles. The number of rotatable bonds is 10. The van der Waals surface area contributed by atoms with Gasteiger partial charge in [-0.25, -0.2) is 0 Å². The molecule has 0 aliphatic rings. The lowest BCUT2D eigenvalue weighted by Crippen LogP contribution is -2.37. The van der Waals surface area contributed by atoms with Crippen molar-refractivity contribution < 1.29 is 0 Å². The van der Waals surface area contributed by atoms with Crippen molar-refractivity contribution in [2.45, 2.75) is 91.1 Å². The van der Waals surface area contributed by atoms with Crippen LogP contribution in [0.4, 0.5) is 0 Å². The molecule has 0 atom stereocenters. The highest BCUT2D eigenvalue weighted by molar-refractivity contribution is 6.49. The Morgan fingerprint density at radius 2 is 0.887 bits per heavy atom. The van der Waals surface area contributed by atoms with Crippen LogP contribution >= 0.6 is 0 Å². The molecule has 9 aromatic rings. The first-order valence-corrected chi connectivity index (χ1v) is 18.7. The van der Waals surface area contributed by atoms with Gasteiger partial charge >= 0.3 is 0 Å². The third-order valence-electron chi connectivity index (χ3n) is 11.8. The Bertz CT molecular complexity index is 3380. The monoisotopic (exact) mass is 704 g/mol. The molecule has 0 amide bonds. The Morgan fingerprint density at radius 1 is 0.491 bits per heavy atom. The molecular weight excluding hydrogens is 668 g/mol. The minimum atomic E-state index is -0.634. The van der Waals surface area contributed by atoms with Crippen molar-refractivity contribution in [3.63, 3.8) is 0 Å². The van der Waals surface area contributed by atoms with Gasteiger partial charge in [-0.1, -0.05) is 59.4 Å². The molecule has 264 valence electrons. The van der Waals surface area contributed by atoms with Gasteiger partial charge in [0.1, 0.15) is 0 Å². The van der Waals surface area contributed by atoms with Crippen LogP contribution < -0.4 is 33.4 Å². The van der Waals surface area contributed by atoms with Gasteiger partial charge in [0.15, 0.2) is 0 Å². The van der Waals surface area contributed by atoms with E-state index in [1.54, 1.807) is 30.3 Å². The van der Waals surface area contributed by atoms with E-state index >= 15 is 0 Å². The Morgan fingerprint density at radius 3 is 1.36 bits per heavy atom. The summed E-state index contributed by atoms with van der Waals surface area (Å²) in [6, 6.07) is 9.93. The molecule has 10 heteroatoms. The summed E-state index contributed by atoms with van der Waals surface area (Å²) in [5.41, 5.74) is -2.87. The Hall–Kier alpha value is -5.95. The summed E-state index contributed by atoms with van der Waals surface area (Å²) in [5.74, 6) is 0. The van der Waals surface area contributed by atoms with Crippen molar-refractivity contribution in [2.75, 3.05) is 0 Å². The summed E-state index contributed by atoms with van der Waals surface area (Å²) < 4.78 is 2.68. The topological polar surface area (TPSA) is 152 Å². The molecule has 0 aliphatic carbocycles. The fraction of sp³-hybridized carbons (Fsp3) is 0.326. The summed E-state index contributed by atoms with van der Waals surface area (Å²) in [6.07, 6.45) is 5.56. The average Bonchev–Trinajstić information content (AvgIpc) is 3.45. The maximum absolute atomic E-state index is 14.6. The van der Waals surface area contributed by atoms with E-state index in [-0.39, 0.29) is 44.6 Å². The van der Waals surface area contributed by atoms with E-state index in [9.17, 15) is 34.0 Å². The van der Waals surface area contributed by atoms with Gasteiger partial charge in [-0.2, -0.15) is 5.26 Å². The lowest BCUT2D eigenvalue weighted by Gasteiger charge is -2.24. The standard InChI is InChI=1S/C43H36N4O6/c1-5-9-20(10-6-2)46-40(50)23-14-13-22-29-19(18-44)15-26-31-28(43(53)47(41(26)51)21(11-7-3)12-8-4)17-25-34(37(29)31)33-24(35-36(25)39(49)45-38(35)48)16-27(42(46)52)30(23)32(22)33/h13-17,20-21H,5-12H2,1-4H3,(H,45,48,49). The molecule has 0 saturated carbocycles. The number of nitriles is 1. The molecule has 0 unspecified atom stereocenters. The number of aromatic nitrogens is 3. The predicted molar refractivity (Wildman–Crippen MR) is 213 cm³/mol. The fourth-order valence-electron chi connectivity index (χ4n) is 9.85. The van der Waals surface area contributed by atoms with Crippen LogP contribution in [0.1, 0.15) is 96.7 Å². The highest BCUT2D eigenvalue weighted by Crippen LogP contribution is 2.50. The van der Waals surface area contributed by atoms with Crippen LogP contribution in [-0.4, -0.2) is 14.1 Å². The highest BCUT2D eigenvalue weighted by Gasteiger charge is 2.31. The van der Waals surface area contributed by atoms with Crippen LogP contribution in [0, 0.1) is 11.3 Å². The summed E-state index contributed by atoms with van der Waals surface area (Å²) in [5, 5.41) is 16.6. The van der Waals surface area contributed by atoms with Crippen molar-refractivity contribution in [1.82, 2.24) is 14.1 Å². The first kappa shape index (κ1) is 32.9. The molecule has 53 heavy (non-hydrogen) atoms. The van der Waals surface area contributed by atoms with E-state index in [0.29, 0.717) is 84.9 Å². The van der Waals surface area contributed by atoms with Gasteiger partial charge in [-0.05, 0) is 82.3 Å². The van der Waals surface area contributed by atoms with Crippen LogP contribution in [0.15, 0.2) is 59.1 Å².